The van der Waals surface area contributed by atoms with Gasteiger partial charge in [0.1, 0.15) is 5.78 Å². The summed E-state index contributed by atoms with van der Waals surface area (Å²) in [6.07, 6.45) is 3.99. The van der Waals surface area contributed by atoms with Gasteiger partial charge in [0.05, 0.1) is 0 Å². The number of benzene rings is 1. The minimum Gasteiger partial charge on any atom is -0.478 e. The zero-order valence-corrected chi connectivity index (χ0v) is 10.4. The van der Waals surface area contributed by atoms with Crippen molar-refractivity contribution < 1.29 is 14.7 Å². The molecule has 1 aromatic rings. The third-order valence-electron chi connectivity index (χ3n) is 3.34. The molecule has 2 rings (SSSR count). The summed E-state index contributed by atoms with van der Waals surface area (Å²) in [6, 6.07) is 5.77. The average Bonchev–Trinajstić information content (AvgIpc) is 2.35. The normalized spacial score (nSPS) is 15.4. The Balaban J connectivity index is 2.44. The van der Waals surface area contributed by atoms with Gasteiger partial charge < -0.3 is 5.11 Å². The number of hydrogen-bond donors (Lipinski definition) is 1. The molecule has 3 heteroatoms. The van der Waals surface area contributed by atoms with Gasteiger partial charge in [0.25, 0.3) is 0 Å². The zero-order valence-electron chi connectivity index (χ0n) is 10.4. The van der Waals surface area contributed by atoms with Crippen LogP contribution < -0.4 is 0 Å². The molecule has 0 heterocycles. The van der Waals surface area contributed by atoms with Crippen LogP contribution in [-0.4, -0.2) is 16.9 Å². The van der Waals surface area contributed by atoms with Gasteiger partial charge in [0.15, 0.2) is 0 Å². The van der Waals surface area contributed by atoms with Crippen LogP contribution in [0.3, 0.4) is 0 Å². The Morgan fingerprint density at radius 2 is 2.17 bits per heavy atom. The number of carbonyl (C=O) groups excluding carboxylic acids is 1. The first kappa shape index (κ1) is 12.6. The van der Waals surface area contributed by atoms with Crippen LogP contribution >= 0.6 is 0 Å². The third-order valence-corrected chi connectivity index (χ3v) is 3.34. The highest BCUT2D eigenvalue weighted by Crippen LogP contribution is 2.25. The van der Waals surface area contributed by atoms with E-state index < -0.39 is 5.97 Å². The van der Waals surface area contributed by atoms with E-state index in [1.165, 1.54) is 0 Å². The van der Waals surface area contributed by atoms with Gasteiger partial charge >= 0.3 is 5.97 Å². The quantitative estimate of drug-likeness (QED) is 0.831. The molecule has 0 amide bonds. The maximum absolute atomic E-state index is 11.4. The standard InChI is InChI=1S/C15H16O3/c1-2-10(15(17)18)8-11-4-3-5-12-9-13(16)6-7-14(11)12/h3-5,8H,2,6-7,9H2,1H3,(H,17,18). The van der Waals surface area contributed by atoms with Crippen molar-refractivity contribution in [1.82, 2.24) is 0 Å². The Morgan fingerprint density at radius 3 is 2.83 bits per heavy atom. The lowest BCUT2D eigenvalue weighted by molar-refractivity contribution is -0.132. The van der Waals surface area contributed by atoms with Crippen molar-refractivity contribution in [1.29, 1.82) is 0 Å². The van der Waals surface area contributed by atoms with E-state index in [9.17, 15) is 9.59 Å². The molecule has 0 saturated carbocycles. The number of hydrogen-bond acceptors (Lipinski definition) is 2. The van der Waals surface area contributed by atoms with Crippen molar-refractivity contribution in [2.45, 2.75) is 32.6 Å². The SMILES string of the molecule is CCC(=Cc1cccc2c1CCC(=O)C2)C(=O)O. The lowest BCUT2D eigenvalue weighted by Gasteiger charge is -2.17. The molecule has 94 valence electrons. The van der Waals surface area contributed by atoms with Crippen molar-refractivity contribution in [3.63, 3.8) is 0 Å². The molecule has 0 atom stereocenters. The summed E-state index contributed by atoms with van der Waals surface area (Å²) in [5, 5.41) is 9.06. The van der Waals surface area contributed by atoms with E-state index in [0.717, 1.165) is 23.1 Å². The predicted octanol–water partition coefficient (Wildman–Crippen LogP) is 2.62. The van der Waals surface area contributed by atoms with Gasteiger partial charge in [0, 0.05) is 18.4 Å². The molecule has 1 N–H and O–H groups in total. The van der Waals surface area contributed by atoms with Gasteiger partial charge in [-0.15, -0.1) is 0 Å². The lowest BCUT2D eigenvalue weighted by atomic mass is 9.87. The van der Waals surface area contributed by atoms with Crippen LogP contribution in [0.25, 0.3) is 6.08 Å². The molecular formula is C15H16O3. The lowest BCUT2D eigenvalue weighted by Crippen LogP contribution is -2.14. The molecule has 0 fully saturated rings. The summed E-state index contributed by atoms with van der Waals surface area (Å²) in [5.74, 6) is -0.612. The number of Topliss-reactive ketones (excluding diaryl/α,β-unsaturated/α-hetero) is 1. The van der Waals surface area contributed by atoms with Crippen LogP contribution in [0.15, 0.2) is 23.8 Å². The molecule has 0 saturated heterocycles. The Kier molecular flexibility index (Phi) is 3.60. The number of fused-ring (bicyclic) bond motifs is 1. The van der Waals surface area contributed by atoms with E-state index in [4.69, 9.17) is 5.11 Å². The number of carboxylic acids is 1. The summed E-state index contributed by atoms with van der Waals surface area (Å²) < 4.78 is 0. The topological polar surface area (TPSA) is 54.4 Å². The molecule has 1 aliphatic carbocycles. The van der Waals surface area contributed by atoms with Gasteiger partial charge in [-0.3, -0.25) is 4.79 Å². The first-order chi connectivity index (χ1) is 8.61. The van der Waals surface area contributed by atoms with E-state index in [0.29, 0.717) is 24.8 Å². The number of rotatable bonds is 3. The second kappa shape index (κ2) is 5.17. The highest BCUT2D eigenvalue weighted by Gasteiger charge is 2.17. The summed E-state index contributed by atoms with van der Waals surface area (Å²) >= 11 is 0. The fourth-order valence-electron chi connectivity index (χ4n) is 2.33. The Bertz CT molecular complexity index is 527. The molecule has 0 aromatic heterocycles. The van der Waals surface area contributed by atoms with Gasteiger partial charge in [-0.05, 0) is 35.6 Å². The third kappa shape index (κ3) is 2.50. The fourth-order valence-corrected chi connectivity index (χ4v) is 2.33. The fraction of sp³-hybridized carbons (Fsp3) is 0.333. The molecule has 0 unspecified atom stereocenters. The van der Waals surface area contributed by atoms with Crippen LogP contribution in [-0.2, 0) is 22.4 Å². The van der Waals surface area contributed by atoms with Gasteiger partial charge in [-0.1, -0.05) is 25.1 Å². The maximum Gasteiger partial charge on any atom is 0.331 e. The second-order valence-corrected chi connectivity index (χ2v) is 4.53. The molecule has 1 aromatic carbocycles. The molecule has 3 nitrogen and oxygen atoms in total. The zero-order chi connectivity index (χ0) is 13.1. The van der Waals surface area contributed by atoms with E-state index >= 15 is 0 Å². The maximum atomic E-state index is 11.4. The number of carboxylic acid groups (broad SMARTS) is 1. The van der Waals surface area contributed by atoms with Crippen LogP contribution in [0.5, 0.6) is 0 Å². The van der Waals surface area contributed by atoms with Crippen molar-refractivity contribution in [2.24, 2.45) is 0 Å². The summed E-state index contributed by atoms with van der Waals surface area (Å²) in [4.78, 5) is 22.4. The minimum atomic E-state index is -0.873. The van der Waals surface area contributed by atoms with Crippen LogP contribution in [0.4, 0.5) is 0 Å². The monoisotopic (exact) mass is 244 g/mol. The molecule has 0 radical (unpaired) electrons. The van der Waals surface area contributed by atoms with E-state index in [1.54, 1.807) is 6.08 Å². The largest absolute Gasteiger partial charge is 0.478 e. The van der Waals surface area contributed by atoms with Crippen molar-refractivity contribution in [3.05, 3.63) is 40.5 Å². The second-order valence-electron chi connectivity index (χ2n) is 4.53. The van der Waals surface area contributed by atoms with Gasteiger partial charge in [-0.2, -0.15) is 0 Å². The Morgan fingerprint density at radius 1 is 1.39 bits per heavy atom. The Hall–Kier alpha value is -1.90. The summed E-state index contributed by atoms with van der Waals surface area (Å²) in [7, 11) is 0. The predicted molar refractivity (Wildman–Crippen MR) is 69.4 cm³/mol. The molecular weight excluding hydrogens is 228 g/mol. The van der Waals surface area contributed by atoms with E-state index in [2.05, 4.69) is 0 Å². The molecule has 18 heavy (non-hydrogen) atoms. The van der Waals surface area contributed by atoms with Crippen LogP contribution in [0.1, 0.15) is 36.5 Å². The number of carbonyl (C=O) groups is 2. The van der Waals surface area contributed by atoms with Crippen LogP contribution in [0, 0.1) is 0 Å². The molecule has 0 aliphatic heterocycles. The summed E-state index contributed by atoms with van der Waals surface area (Å²) in [5.41, 5.74) is 3.52. The van der Waals surface area contributed by atoms with Gasteiger partial charge in [-0.25, -0.2) is 4.79 Å². The molecule has 0 spiro atoms. The molecule has 1 aliphatic rings. The smallest absolute Gasteiger partial charge is 0.331 e. The van der Waals surface area contributed by atoms with Crippen molar-refractivity contribution in [3.8, 4) is 0 Å². The molecule has 0 bridgehead atoms. The Labute approximate surface area is 106 Å². The number of ketones is 1. The van der Waals surface area contributed by atoms with E-state index in [-0.39, 0.29) is 5.78 Å². The highest BCUT2D eigenvalue weighted by molar-refractivity contribution is 5.92. The van der Waals surface area contributed by atoms with Gasteiger partial charge in [0.2, 0.25) is 0 Å². The average molecular weight is 244 g/mol. The van der Waals surface area contributed by atoms with Crippen molar-refractivity contribution >= 4 is 17.8 Å². The highest BCUT2D eigenvalue weighted by atomic mass is 16.4. The van der Waals surface area contributed by atoms with Crippen molar-refractivity contribution in [2.75, 3.05) is 0 Å². The van der Waals surface area contributed by atoms with E-state index in [1.807, 2.05) is 25.1 Å². The minimum absolute atomic E-state index is 0.262. The summed E-state index contributed by atoms with van der Waals surface area (Å²) in [6.45, 7) is 1.83. The first-order valence-corrected chi connectivity index (χ1v) is 6.18. The number of aliphatic carboxylic acids is 1. The first-order valence-electron chi connectivity index (χ1n) is 6.18. The van der Waals surface area contributed by atoms with Crippen LogP contribution in [0.2, 0.25) is 0 Å².